The number of ether oxygens (including phenoxy) is 1. The number of nitrogens with two attached hydrogens (primary N) is 1. The standard InChI is InChI=1S/C20H21N7O3S/c1-12-15-6-4-13(10-17(15)26-25-12)27(2)19-8-9-22-20(24-19)23-16-7-5-14(31(21,28)29)11-18(16)30-3/h4-11H,1-3H3,(H,25,26)(H2,21,28,29)(H,22,23,24). The van der Waals surface area contributed by atoms with Crippen LogP contribution in [-0.2, 0) is 10.0 Å². The highest BCUT2D eigenvalue weighted by Crippen LogP contribution is 2.30. The molecule has 2 heterocycles. The highest BCUT2D eigenvalue weighted by atomic mass is 32.2. The average molecular weight is 440 g/mol. The number of hydrogen-bond acceptors (Lipinski definition) is 8. The lowest BCUT2D eigenvalue weighted by Crippen LogP contribution is -2.13. The van der Waals surface area contributed by atoms with Crippen molar-refractivity contribution < 1.29 is 13.2 Å². The van der Waals surface area contributed by atoms with Crippen molar-refractivity contribution in [3.63, 3.8) is 0 Å². The Morgan fingerprint density at radius 3 is 2.71 bits per heavy atom. The maximum Gasteiger partial charge on any atom is 0.238 e. The summed E-state index contributed by atoms with van der Waals surface area (Å²) in [6, 6.07) is 12.0. The van der Waals surface area contributed by atoms with Crippen LogP contribution in [0, 0.1) is 6.92 Å². The molecule has 4 aromatic rings. The third-order valence-corrected chi connectivity index (χ3v) is 5.76. The smallest absolute Gasteiger partial charge is 0.238 e. The molecule has 0 bridgehead atoms. The van der Waals surface area contributed by atoms with Gasteiger partial charge in [0, 0.05) is 36.1 Å². The van der Waals surface area contributed by atoms with Crippen LogP contribution in [-0.4, -0.2) is 42.7 Å². The summed E-state index contributed by atoms with van der Waals surface area (Å²) in [4.78, 5) is 10.7. The Bertz CT molecular complexity index is 1370. The highest BCUT2D eigenvalue weighted by Gasteiger charge is 2.14. The van der Waals surface area contributed by atoms with E-state index in [0.717, 1.165) is 22.3 Å². The van der Waals surface area contributed by atoms with Crippen LogP contribution in [0.25, 0.3) is 10.9 Å². The van der Waals surface area contributed by atoms with Crippen LogP contribution in [0.1, 0.15) is 5.69 Å². The zero-order valence-electron chi connectivity index (χ0n) is 17.1. The molecule has 0 saturated carbocycles. The summed E-state index contributed by atoms with van der Waals surface area (Å²) in [6.45, 7) is 1.98. The Morgan fingerprint density at radius 2 is 1.97 bits per heavy atom. The molecule has 11 heteroatoms. The van der Waals surface area contributed by atoms with Gasteiger partial charge in [-0.05, 0) is 43.3 Å². The van der Waals surface area contributed by atoms with Crippen molar-refractivity contribution in [1.82, 2.24) is 20.2 Å². The van der Waals surface area contributed by atoms with Gasteiger partial charge in [0.05, 0.1) is 23.2 Å². The number of aromatic nitrogens is 4. The summed E-state index contributed by atoms with van der Waals surface area (Å²) in [5, 5.41) is 16.6. The van der Waals surface area contributed by atoms with E-state index in [0.29, 0.717) is 23.2 Å². The van der Waals surface area contributed by atoms with E-state index < -0.39 is 10.0 Å². The van der Waals surface area contributed by atoms with Gasteiger partial charge < -0.3 is 15.0 Å². The van der Waals surface area contributed by atoms with E-state index in [-0.39, 0.29) is 4.90 Å². The predicted octanol–water partition coefficient (Wildman–Crippen LogP) is 2.83. The Hall–Kier alpha value is -3.70. The largest absolute Gasteiger partial charge is 0.495 e. The maximum absolute atomic E-state index is 11.6. The maximum atomic E-state index is 11.6. The molecule has 160 valence electrons. The first-order chi connectivity index (χ1) is 14.8. The second kappa shape index (κ2) is 7.85. The fourth-order valence-electron chi connectivity index (χ4n) is 3.14. The number of H-pyrrole nitrogens is 1. The average Bonchev–Trinajstić information content (AvgIpc) is 3.13. The van der Waals surface area contributed by atoms with Crippen molar-refractivity contribution in [1.29, 1.82) is 0 Å². The first-order valence-corrected chi connectivity index (χ1v) is 10.8. The number of nitrogens with zero attached hydrogens (tertiary/aromatic N) is 4. The molecular weight excluding hydrogens is 418 g/mol. The van der Waals surface area contributed by atoms with Crippen molar-refractivity contribution in [2.75, 3.05) is 24.4 Å². The minimum absolute atomic E-state index is 0.0479. The van der Waals surface area contributed by atoms with Crippen LogP contribution in [0.3, 0.4) is 0 Å². The van der Waals surface area contributed by atoms with Gasteiger partial charge in [-0.15, -0.1) is 0 Å². The third kappa shape index (κ3) is 4.13. The molecule has 0 saturated heterocycles. The Balaban J connectivity index is 1.62. The quantitative estimate of drug-likeness (QED) is 0.417. The van der Waals surface area contributed by atoms with Gasteiger partial charge in [-0.3, -0.25) is 5.10 Å². The summed E-state index contributed by atoms with van der Waals surface area (Å²) in [5.41, 5.74) is 3.30. The Morgan fingerprint density at radius 1 is 1.16 bits per heavy atom. The molecule has 0 aliphatic heterocycles. The van der Waals surface area contributed by atoms with Gasteiger partial charge in [-0.2, -0.15) is 10.1 Å². The first kappa shape index (κ1) is 20.6. The predicted molar refractivity (Wildman–Crippen MR) is 119 cm³/mol. The molecular formula is C20H21N7O3S. The number of aryl methyl sites for hydroxylation is 1. The number of aromatic amines is 1. The molecule has 0 amide bonds. The van der Waals surface area contributed by atoms with E-state index >= 15 is 0 Å². The van der Waals surface area contributed by atoms with Gasteiger partial charge in [0.1, 0.15) is 11.6 Å². The monoisotopic (exact) mass is 439 g/mol. The lowest BCUT2D eigenvalue weighted by molar-refractivity contribution is 0.415. The fraction of sp³-hybridized carbons (Fsp3) is 0.150. The third-order valence-electron chi connectivity index (χ3n) is 4.85. The van der Waals surface area contributed by atoms with Crippen molar-refractivity contribution in [3.05, 3.63) is 54.4 Å². The van der Waals surface area contributed by atoms with Crippen molar-refractivity contribution in [2.45, 2.75) is 11.8 Å². The zero-order chi connectivity index (χ0) is 22.2. The molecule has 0 fully saturated rings. The summed E-state index contributed by atoms with van der Waals surface area (Å²) in [6.07, 6.45) is 1.63. The molecule has 2 aromatic heterocycles. The zero-order valence-corrected chi connectivity index (χ0v) is 17.9. The van der Waals surface area contributed by atoms with Gasteiger partial charge in [0.15, 0.2) is 0 Å². The lowest BCUT2D eigenvalue weighted by atomic mass is 10.2. The van der Waals surface area contributed by atoms with E-state index in [2.05, 4.69) is 25.5 Å². The van der Waals surface area contributed by atoms with Crippen molar-refractivity contribution >= 4 is 44.1 Å². The fourth-order valence-corrected chi connectivity index (χ4v) is 3.67. The van der Waals surface area contributed by atoms with Crippen LogP contribution < -0.4 is 20.1 Å². The van der Waals surface area contributed by atoms with E-state index in [1.807, 2.05) is 37.1 Å². The molecule has 31 heavy (non-hydrogen) atoms. The minimum atomic E-state index is -3.84. The summed E-state index contributed by atoms with van der Waals surface area (Å²) < 4.78 is 28.4. The number of fused-ring (bicyclic) bond motifs is 1. The van der Waals surface area contributed by atoms with Crippen molar-refractivity contribution in [2.24, 2.45) is 5.14 Å². The first-order valence-electron chi connectivity index (χ1n) is 9.25. The number of nitrogens with one attached hydrogen (secondary N) is 2. The molecule has 4 rings (SSSR count). The molecule has 2 aromatic carbocycles. The van der Waals surface area contributed by atoms with Crippen LogP contribution in [0.2, 0.25) is 0 Å². The van der Waals surface area contributed by atoms with Gasteiger partial charge in [-0.1, -0.05) is 0 Å². The molecule has 0 spiro atoms. The number of hydrogen-bond donors (Lipinski definition) is 3. The SMILES string of the molecule is COc1cc(S(N)(=O)=O)ccc1Nc1nccc(N(C)c2ccc3c(C)[nH]nc3c2)n1. The number of rotatable bonds is 6. The van der Waals surface area contributed by atoms with Gasteiger partial charge >= 0.3 is 0 Å². The van der Waals surface area contributed by atoms with Crippen LogP contribution in [0.4, 0.5) is 23.1 Å². The van der Waals surface area contributed by atoms with Crippen molar-refractivity contribution in [3.8, 4) is 5.75 Å². The van der Waals surface area contributed by atoms with Gasteiger partial charge in [0.2, 0.25) is 16.0 Å². The molecule has 0 unspecified atom stereocenters. The van der Waals surface area contributed by atoms with Crippen LogP contribution in [0.5, 0.6) is 5.75 Å². The molecule has 0 atom stereocenters. The Labute approximate surface area is 179 Å². The number of benzene rings is 2. The molecule has 4 N–H and O–H groups in total. The normalized spacial score (nSPS) is 11.5. The van der Waals surface area contributed by atoms with Crippen LogP contribution >= 0.6 is 0 Å². The molecule has 0 aliphatic rings. The topological polar surface area (TPSA) is 139 Å². The number of methoxy groups -OCH3 is 1. The summed E-state index contributed by atoms with van der Waals surface area (Å²) in [5.74, 6) is 1.28. The van der Waals surface area contributed by atoms with E-state index in [1.54, 1.807) is 18.3 Å². The molecule has 0 aliphatic carbocycles. The second-order valence-electron chi connectivity index (χ2n) is 6.88. The second-order valence-corrected chi connectivity index (χ2v) is 8.44. The summed E-state index contributed by atoms with van der Waals surface area (Å²) >= 11 is 0. The van der Waals surface area contributed by atoms with E-state index in [9.17, 15) is 8.42 Å². The molecule has 10 nitrogen and oxygen atoms in total. The van der Waals surface area contributed by atoms with Gasteiger partial charge in [0.25, 0.3) is 0 Å². The van der Waals surface area contributed by atoms with E-state index in [1.165, 1.54) is 19.2 Å². The van der Waals surface area contributed by atoms with Gasteiger partial charge in [-0.25, -0.2) is 18.5 Å². The summed E-state index contributed by atoms with van der Waals surface area (Å²) in [7, 11) is -0.508. The van der Waals surface area contributed by atoms with Crippen LogP contribution in [0.15, 0.2) is 53.6 Å². The number of sulfonamides is 1. The number of primary sulfonamides is 1. The lowest BCUT2D eigenvalue weighted by Gasteiger charge is -2.19. The number of anilines is 4. The van der Waals surface area contributed by atoms with E-state index in [4.69, 9.17) is 9.88 Å². The highest BCUT2D eigenvalue weighted by molar-refractivity contribution is 7.89. The minimum Gasteiger partial charge on any atom is -0.495 e. The Kier molecular flexibility index (Phi) is 5.21. The molecule has 0 radical (unpaired) electrons.